The van der Waals surface area contributed by atoms with E-state index in [0.29, 0.717) is 30.1 Å². The highest BCUT2D eigenvalue weighted by Crippen LogP contribution is 2.22. The van der Waals surface area contributed by atoms with Crippen LogP contribution in [0.4, 0.5) is 4.39 Å². The summed E-state index contributed by atoms with van der Waals surface area (Å²) in [7, 11) is 3.33. The van der Waals surface area contributed by atoms with Crippen LogP contribution in [0.5, 0.6) is 5.75 Å². The van der Waals surface area contributed by atoms with Crippen LogP contribution in [-0.4, -0.2) is 27.7 Å². The van der Waals surface area contributed by atoms with Gasteiger partial charge in [-0.25, -0.2) is 9.37 Å². The number of carbonyl (C=O) groups is 1. The number of ether oxygens (including phenoxy) is 1. The average Bonchev–Trinajstić information content (AvgIpc) is 3.03. The highest BCUT2D eigenvalue weighted by Gasteiger charge is 2.14. The van der Waals surface area contributed by atoms with Crippen LogP contribution in [0.3, 0.4) is 0 Å². The highest BCUT2D eigenvalue weighted by molar-refractivity contribution is 6.30. The SMILES string of the molecule is COc1cccc(CCC(=O)Cc2nc(-c3ccc(Cl)c(F)c3)nn2C)c1. The summed E-state index contributed by atoms with van der Waals surface area (Å²) in [5.74, 6) is 1.20. The molecule has 0 saturated heterocycles. The summed E-state index contributed by atoms with van der Waals surface area (Å²) in [4.78, 5) is 16.7. The summed E-state index contributed by atoms with van der Waals surface area (Å²) in [5, 5.41) is 4.32. The number of rotatable bonds is 7. The number of carbonyl (C=O) groups excluding carboxylic acids is 1. The van der Waals surface area contributed by atoms with Crippen LogP contribution in [0, 0.1) is 5.82 Å². The van der Waals surface area contributed by atoms with Gasteiger partial charge in [-0.3, -0.25) is 9.48 Å². The standard InChI is InChI=1S/C20H19ClFN3O2/c1-25-19(23-20(24-25)14-7-9-17(21)18(22)11-14)12-15(26)8-6-13-4-3-5-16(10-13)27-2/h3-5,7,9-11H,6,8,12H2,1-2H3. The van der Waals surface area contributed by atoms with Crippen molar-refractivity contribution in [2.45, 2.75) is 19.3 Å². The maximum atomic E-state index is 13.6. The number of halogens is 2. The molecule has 0 N–H and O–H groups in total. The minimum absolute atomic E-state index is 0.0441. The maximum absolute atomic E-state index is 13.6. The van der Waals surface area contributed by atoms with E-state index >= 15 is 0 Å². The van der Waals surface area contributed by atoms with E-state index in [4.69, 9.17) is 16.3 Å². The van der Waals surface area contributed by atoms with Crippen molar-refractivity contribution in [3.05, 3.63) is 64.7 Å². The van der Waals surface area contributed by atoms with Gasteiger partial charge in [-0.15, -0.1) is 0 Å². The fraction of sp³-hybridized carbons (Fsp3) is 0.250. The molecule has 7 heteroatoms. The molecule has 27 heavy (non-hydrogen) atoms. The third kappa shape index (κ3) is 4.71. The van der Waals surface area contributed by atoms with Crippen molar-refractivity contribution < 1.29 is 13.9 Å². The monoisotopic (exact) mass is 387 g/mol. The van der Waals surface area contributed by atoms with Crippen molar-refractivity contribution in [3.63, 3.8) is 0 Å². The fourth-order valence-corrected chi connectivity index (χ4v) is 2.82. The second kappa shape index (κ2) is 8.31. The lowest BCUT2D eigenvalue weighted by atomic mass is 10.1. The first-order chi connectivity index (χ1) is 13.0. The lowest BCUT2D eigenvalue weighted by Gasteiger charge is -2.04. The van der Waals surface area contributed by atoms with Crippen LogP contribution in [0.1, 0.15) is 17.8 Å². The van der Waals surface area contributed by atoms with E-state index in [2.05, 4.69) is 10.1 Å². The second-order valence-corrected chi connectivity index (χ2v) is 6.58. The van der Waals surface area contributed by atoms with E-state index in [9.17, 15) is 9.18 Å². The summed E-state index contributed by atoms with van der Waals surface area (Å²) in [6.07, 6.45) is 1.19. The van der Waals surface area contributed by atoms with Gasteiger partial charge >= 0.3 is 0 Å². The molecule has 0 unspecified atom stereocenters. The fourth-order valence-electron chi connectivity index (χ4n) is 2.70. The number of aryl methyl sites for hydroxylation is 2. The van der Waals surface area contributed by atoms with Crippen LogP contribution in [-0.2, 0) is 24.7 Å². The molecule has 0 saturated carbocycles. The number of hydrogen-bond acceptors (Lipinski definition) is 4. The summed E-state index contributed by atoms with van der Waals surface area (Å²) in [6.45, 7) is 0. The first-order valence-electron chi connectivity index (χ1n) is 8.46. The number of ketones is 1. The number of benzene rings is 2. The molecule has 0 bridgehead atoms. The molecular weight excluding hydrogens is 369 g/mol. The van der Waals surface area contributed by atoms with E-state index in [-0.39, 0.29) is 17.2 Å². The number of nitrogens with zero attached hydrogens (tertiary/aromatic N) is 3. The molecule has 3 aromatic rings. The van der Waals surface area contributed by atoms with Crippen molar-refractivity contribution in [1.82, 2.24) is 14.8 Å². The molecule has 0 atom stereocenters. The zero-order valence-corrected chi connectivity index (χ0v) is 15.8. The predicted molar refractivity (Wildman–Crippen MR) is 101 cm³/mol. The Bertz CT molecular complexity index is 972. The quantitative estimate of drug-likeness (QED) is 0.614. The van der Waals surface area contributed by atoms with Gasteiger partial charge in [0.15, 0.2) is 5.82 Å². The second-order valence-electron chi connectivity index (χ2n) is 6.17. The van der Waals surface area contributed by atoms with Gasteiger partial charge in [-0.1, -0.05) is 23.7 Å². The Morgan fingerprint density at radius 1 is 1.26 bits per heavy atom. The third-order valence-electron chi connectivity index (χ3n) is 4.21. The summed E-state index contributed by atoms with van der Waals surface area (Å²) < 4.78 is 20.4. The summed E-state index contributed by atoms with van der Waals surface area (Å²) in [6, 6.07) is 12.0. The molecule has 1 heterocycles. The van der Waals surface area contributed by atoms with Gasteiger partial charge in [0.25, 0.3) is 0 Å². The lowest BCUT2D eigenvalue weighted by Crippen LogP contribution is -2.09. The van der Waals surface area contributed by atoms with Crippen LogP contribution < -0.4 is 4.74 Å². The molecular formula is C20H19ClFN3O2. The molecule has 0 radical (unpaired) electrons. The van der Waals surface area contributed by atoms with Crippen LogP contribution in [0.15, 0.2) is 42.5 Å². The van der Waals surface area contributed by atoms with Crippen molar-refractivity contribution in [2.24, 2.45) is 7.05 Å². The zero-order chi connectivity index (χ0) is 19.4. The van der Waals surface area contributed by atoms with Gasteiger partial charge in [0.1, 0.15) is 23.2 Å². The maximum Gasteiger partial charge on any atom is 0.181 e. The van der Waals surface area contributed by atoms with E-state index in [1.807, 2.05) is 24.3 Å². The van der Waals surface area contributed by atoms with Crippen molar-refractivity contribution in [3.8, 4) is 17.1 Å². The summed E-state index contributed by atoms with van der Waals surface area (Å²) in [5.41, 5.74) is 1.56. The number of Topliss-reactive ketones (excluding diaryl/α,β-unsaturated/α-hetero) is 1. The Balaban J connectivity index is 1.65. The van der Waals surface area contributed by atoms with Gasteiger partial charge < -0.3 is 4.74 Å². The molecule has 1 aromatic heterocycles. The molecule has 0 aliphatic rings. The molecule has 0 fully saturated rings. The smallest absolute Gasteiger partial charge is 0.181 e. The van der Waals surface area contributed by atoms with Crippen molar-refractivity contribution in [1.29, 1.82) is 0 Å². The largest absolute Gasteiger partial charge is 0.497 e. The minimum Gasteiger partial charge on any atom is -0.497 e. The Labute approximate surface area is 161 Å². The molecule has 5 nitrogen and oxygen atoms in total. The van der Waals surface area contributed by atoms with E-state index in [1.165, 1.54) is 12.1 Å². The Hall–Kier alpha value is -2.73. The molecule has 2 aromatic carbocycles. The molecule has 0 aliphatic carbocycles. The van der Waals surface area contributed by atoms with Crippen molar-refractivity contribution in [2.75, 3.05) is 7.11 Å². The van der Waals surface area contributed by atoms with Crippen LogP contribution in [0.2, 0.25) is 5.02 Å². The molecule has 0 amide bonds. The average molecular weight is 388 g/mol. The van der Waals surface area contributed by atoms with Gasteiger partial charge in [-0.2, -0.15) is 5.10 Å². The summed E-state index contributed by atoms with van der Waals surface area (Å²) >= 11 is 5.70. The van der Waals surface area contributed by atoms with E-state index < -0.39 is 5.82 Å². The molecule has 3 rings (SSSR count). The first kappa shape index (κ1) is 19.0. The highest BCUT2D eigenvalue weighted by atomic mass is 35.5. The lowest BCUT2D eigenvalue weighted by molar-refractivity contribution is -0.118. The third-order valence-corrected chi connectivity index (χ3v) is 4.52. The first-order valence-corrected chi connectivity index (χ1v) is 8.84. The minimum atomic E-state index is -0.530. The van der Waals surface area contributed by atoms with Gasteiger partial charge in [-0.05, 0) is 42.3 Å². The Morgan fingerprint density at radius 2 is 2.07 bits per heavy atom. The van der Waals surface area contributed by atoms with E-state index in [0.717, 1.165) is 11.3 Å². The number of methoxy groups -OCH3 is 1. The van der Waals surface area contributed by atoms with Gasteiger partial charge in [0, 0.05) is 19.0 Å². The van der Waals surface area contributed by atoms with Crippen LogP contribution in [0.25, 0.3) is 11.4 Å². The molecule has 140 valence electrons. The number of aromatic nitrogens is 3. The van der Waals surface area contributed by atoms with E-state index in [1.54, 1.807) is 24.9 Å². The molecule has 0 spiro atoms. The Morgan fingerprint density at radius 3 is 2.81 bits per heavy atom. The number of hydrogen-bond donors (Lipinski definition) is 0. The van der Waals surface area contributed by atoms with Crippen molar-refractivity contribution >= 4 is 17.4 Å². The zero-order valence-electron chi connectivity index (χ0n) is 15.1. The van der Waals surface area contributed by atoms with Crippen LogP contribution >= 0.6 is 11.6 Å². The Kier molecular flexibility index (Phi) is 5.86. The normalized spacial score (nSPS) is 10.8. The van der Waals surface area contributed by atoms with Gasteiger partial charge in [0.2, 0.25) is 0 Å². The molecule has 0 aliphatic heterocycles. The predicted octanol–water partition coefficient (Wildman–Crippen LogP) is 4.03. The van der Waals surface area contributed by atoms with Gasteiger partial charge in [0.05, 0.1) is 18.6 Å². The topological polar surface area (TPSA) is 57.0 Å².